The van der Waals surface area contributed by atoms with Gasteiger partial charge in [0.15, 0.2) is 0 Å². The molecule has 0 aliphatic rings. The lowest BCUT2D eigenvalue weighted by Crippen LogP contribution is -2.34. The van der Waals surface area contributed by atoms with Crippen molar-refractivity contribution in [2.24, 2.45) is 0 Å². The molecule has 1 atom stereocenters. The van der Waals surface area contributed by atoms with Gasteiger partial charge in [-0.15, -0.1) is 12.5 Å². The second-order valence-electron chi connectivity index (χ2n) is 5.74. The molecule has 0 aliphatic heterocycles. The molecule has 0 saturated heterocycles. The quantitative estimate of drug-likeness (QED) is 0.548. The molecule has 2 rings (SSSR count). The molecule has 0 amide bonds. The number of hydrogen-bond donors (Lipinski definition) is 0. The molecule has 0 spiro atoms. The van der Waals surface area contributed by atoms with Gasteiger partial charge in [-0.05, 0) is 43.7 Å². The van der Waals surface area contributed by atoms with Crippen LogP contribution in [0.25, 0.3) is 0 Å². The predicted octanol–water partition coefficient (Wildman–Crippen LogP) is 3.94. The molecule has 2 aromatic carbocycles. The molecule has 0 N–H and O–H groups in total. The maximum absolute atomic E-state index is 13.2. The van der Waals surface area contributed by atoms with Crippen LogP contribution in [0.5, 0.6) is 5.75 Å². The van der Waals surface area contributed by atoms with Crippen molar-refractivity contribution in [1.29, 1.82) is 0 Å². The summed E-state index contributed by atoms with van der Waals surface area (Å²) in [6.45, 7) is 7.53. The van der Waals surface area contributed by atoms with Crippen LogP contribution in [0.1, 0.15) is 24.1 Å². The largest absolute Gasteiger partial charge is 0.497 e. The van der Waals surface area contributed by atoms with E-state index < -0.39 is 16.1 Å². The molecule has 0 radical (unpaired) electrons. The fraction of sp³-hybridized carbons (Fsp3) is 0.238. The third-order valence-electron chi connectivity index (χ3n) is 4.03. The standard InChI is InChI=1S/C21H23NO3S/c1-5-7-16-22(26(23,24)20-14-8-17(3)9-15-20)21(6-2)18-10-12-19(25-4)13-11-18/h6,8-15,21H,2,16H2,1,3-4H3/t21-/m0/s1. The molecule has 26 heavy (non-hydrogen) atoms. The lowest BCUT2D eigenvalue weighted by atomic mass is 10.1. The Balaban J connectivity index is 2.50. The monoisotopic (exact) mass is 369 g/mol. The second kappa shape index (κ2) is 8.70. The van der Waals surface area contributed by atoms with Gasteiger partial charge in [-0.25, -0.2) is 8.42 Å². The van der Waals surface area contributed by atoms with Crippen molar-refractivity contribution in [3.05, 3.63) is 72.3 Å². The topological polar surface area (TPSA) is 46.6 Å². The Morgan fingerprint density at radius 2 is 1.77 bits per heavy atom. The summed E-state index contributed by atoms with van der Waals surface area (Å²) >= 11 is 0. The van der Waals surface area contributed by atoms with Crippen LogP contribution in [0.3, 0.4) is 0 Å². The van der Waals surface area contributed by atoms with Gasteiger partial charge in [0.05, 0.1) is 24.6 Å². The Hall–Kier alpha value is -2.55. The predicted molar refractivity (Wildman–Crippen MR) is 104 cm³/mol. The fourth-order valence-electron chi connectivity index (χ4n) is 2.56. The maximum atomic E-state index is 13.2. The van der Waals surface area contributed by atoms with E-state index >= 15 is 0 Å². The van der Waals surface area contributed by atoms with Crippen LogP contribution in [0.4, 0.5) is 0 Å². The van der Waals surface area contributed by atoms with Gasteiger partial charge in [-0.3, -0.25) is 0 Å². The highest BCUT2D eigenvalue weighted by Gasteiger charge is 2.30. The molecule has 5 heteroatoms. The Kier molecular flexibility index (Phi) is 6.62. The molecular formula is C21H23NO3S. The Morgan fingerprint density at radius 1 is 1.15 bits per heavy atom. The molecule has 0 bridgehead atoms. The minimum atomic E-state index is -3.74. The van der Waals surface area contributed by atoms with Gasteiger partial charge in [-0.2, -0.15) is 4.31 Å². The smallest absolute Gasteiger partial charge is 0.244 e. The Labute approximate surface area is 156 Å². The third-order valence-corrected chi connectivity index (χ3v) is 5.87. The van der Waals surface area contributed by atoms with Gasteiger partial charge in [0.25, 0.3) is 0 Å². The van der Waals surface area contributed by atoms with Crippen LogP contribution in [0, 0.1) is 18.8 Å². The Morgan fingerprint density at radius 3 is 2.27 bits per heavy atom. The van der Waals surface area contributed by atoms with E-state index in [1.165, 1.54) is 4.31 Å². The zero-order valence-corrected chi connectivity index (χ0v) is 16.1. The van der Waals surface area contributed by atoms with Gasteiger partial charge in [0, 0.05) is 0 Å². The third kappa shape index (κ3) is 4.34. The van der Waals surface area contributed by atoms with E-state index in [4.69, 9.17) is 4.74 Å². The van der Waals surface area contributed by atoms with Crippen molar-refractivity contribution in [1.82, 2.24) is 4.31 Å². The second-order valence-corrected chi connectivity index (χ2v) is 7.63. The number of nitrogens with zero attached hydrogens (tertiary/aromatic N) is 1. The average Bonchev–Trinajstić information content (AvgIpc) is 2.65. The first-order chi connectivity index (χ1) is 12.4. The van der Waals surface area contributed by atoms with Crippen molar-refractivity contribution in [2.45, 2.75) is 24.8 Å². The maximum Gasteiger partial charge on any atom is 0.244 e. The van der Waals surface area contributed by atoms with Gasteiger partial charge in [0.1, 0.15) is 5.75 Å². The molecule has 0 saturated carbocycles. The first-order valence-electron chi connectivity index (χ1n) is 8.18. The van der Waals surface area contributed by atoms with Gasteiger partial charge in [-0.1, -0.05) is 41.8 Å². The summed E-state index contributed by atoms with van der Waals surface area (Å²) in [4.78, 5) is 0.237. The zero-order chi connectivity index (χ0) is 19.2. The summed E-state index contributed by atoms with van der Waals surface area (Å²) in [5.74, 6) is 6.34. The normalized spacial score (nSPS) is 12.2. The van der Waals surface area contributed by atoms with Crippen LogP contribution in [-0.2, 0) is 10.0 Å². The molecule has 4 nitrogen and oxygen atoms in total. The van der Waals surface area contributed by atoms with Crippen LogP contribution in [0.2, 0.25) is 0 Å². The molecule has 0 unspecified atom stereocenters. The molecule has 136 valence electrons. The lowest BCUT2D eigenvalue weighted by molar-refractivity contribution is 0.399. The lowest BCUT2D eigenvalue weighted by Gasteiger charge is -2.27. The highest BCUT2D eigenvalue weighted by molar-refractivity contribution is 7.89. The van der Waals surface area contributed by atoms with Gasteiger partial charge >= 0.3 is 0 Å². The summed E-state index contributed by atoms with van der Waals surface area (Å²) in [5, 5.41) is 0. The Bertz CT molecular complexity index is 904. The summed E-state index contributed by atoms with van der Waals surface area (Å²) in [6, 6.07) is 13.5. The van der Waals surface area contributed by atoms with E-state index in [-0.39, 0.29) is 11.4 Å². The van der Waals surface area contributed by atoms with E-state index in [0.29, 0.717) is 5.75 Å². The van der Waals surface area contributed by atoms with Crippen LogP contribution >= 0.6 is 0 Å². The van der Waals surface area contributed by atoms with E-state index in [1.54, 1.807) is 56.5 Å². The highest BCUT2D eigenvalue weighted by Crippen LogP contribution is 2.29. The van der Waals surface area contributed by atoms with Crippen LogP contribution in [0.15, 0.2) is 66.1 Å². The fourth-order valence-corrected chi connectivity index (χ4v) is 4.05. The average molecular weight is 369 g/mol. The summed E-state index contributed by atoms with van der Waals surface area (Å²) in [7, 11) is -2.15. The first-order valence-corrected chi connectivity index (χ1v) is 9.62. The number of benzene rings is 2. The zero-order valence-electron chi connectivity index (χ0n) is 15.3. The van der Waals surface area contributed by atoms with E-state index in [9.17, 15) is 8.42 Å². The molecule has 0 fully saturated rings. The van der Waals surface area contributed by atoms with Crippen molar-refractivity contribution in [3.63, 3.8) is 0 Å². The van der Waals surface area contributed by atoms with Crippen LogP contribution < -0.4 is 4.74 Å². The van der Waals surface area contributed by atoms with Crippen LogP contribution in [-0.4, -0.2) is 26.4 Å². The van der Waals surface area contributed by atoms with Crippen molar-refractivity contribution < 1.29 is 13.2 Å². The summed E-state index contributed by atoms with van der Waals surface area (Å²) in [6.07, 6.45) is 1.62. The summed E-state index contributed by atoms with van der Waals surface area (Å²) in [5.41, 5.74) is 1.80. The van der Waals surface area contributed by atoms with E-state index in [2.05, 4.69) is 18.4 Å². The van der Waals surface area contributed by atoms with E-state index in [1.807, 2.05) is 19.1 Å². The van der Waals surface area contributed by atoms with Gasteiger partial charge in [0.2, 0.25) is 10.0 Å². The van der Waals surface area contributed by atoms with E-state index in [0.717, 1.165) is 11.1 Å². The van der Waals surface area contributed by atoms with Crippen molar-refractivity contribution in [2.75, 3.05) is 13.7 Å². The number of rotatable bonds is 7. The first kappa shape index (κ1) is 19.8. The number of hydrogen-bond acceptors (Lipinski definition) is 3. The highest BCUT2D eigenvalue weighted by atomic mass is 32.2. The molecule has 0 heterocycles. The SMILES string of the molecule is C=C[C@@H](c1ccc(OC)cc1)N(CC#CC)S(=O)(=O)c1ccc(C)cc1. The van der Waals surface area contributed by atoms with Gasteiger partial charge < -0.3 is 4.74 Å². The minimum absolute atomic E-state index is 0.0788. The molecule has 2 aromatic rings. The number of methoxy groups -OCH3 is 1. The summed E-state index contributed by atoms with van der Waals surface area (Å²) < 4.78 is 33.0. The molecular weight excluding hydrogens is 346 g/mol. The molecule has 0 aliphatic carbocycles. The number of sulfonamides is 1. The number of aryl methyl sites for hydroxylation is 1. The van der Waals surface area contributed by atoms with Crippen molar-refractivity contribution in [3.8, 4) is 17.6 Å². The van der Waals surface area contributed by atoms with Crippen molar-refractivity contribution >= 4 is 10.0 Å². The molecule has 0 aromatic heterocycles. The number of ether oxygens (including phenoxy) is 1. The minimum Gasteiger partial charge on any atom is -0.497 e.